The summed E-state index contributed by atoms with van der Waals surface area (Å²) >= 11 is 0. The number of halogens is 8. The molecule has 13 heteroatoms. The van der Waals surface area contributed by atoms with Gasteiger partial charge in [-0.3, -0.25) is 4.79 Å². The molecular weight excluding hydrogens is 516 g/mol. The van der Waals surface area contributed by atoms with E-state index in [4.69, 9.17) is 0 Å². The first-order chi connectivity index (χ1) is 17.3. The summed E-state index contributed by atoms with van der Waals surface area (Å²) in [6.45, 7) is -0.280. The van der Waals surface area contributed by atoms with Crippen molar-refractivity contribution in [1.82, 2.24) is 5.32 Å². The number of nitrogens with one attached hydrogen (secondary N) is 1. The van der Waals surface area contributed by atoms with Crippen LogP contribution in [0.1, 0.15) is 33.5 Å². The quantitative estimate of drug-likeness (QED) is 0.343. The van der Waals surface area contributed by atoms with Gasteiger partial charge in [0.2, 0.25) is 0 Å². The normalized spacial score (nSPS) is 17.9. The summed E-state index contributed by atoms with van der Waals surface area (Å²) in [5.74, 6) is -5.12. The van der Waals surface area contributed by atoms with Gasteiger partial charge in [-0.15, -0.1) is 0 Å². The summed E-state index contributed by atoms with van der Waals surface area (Å²) < 4.78 is 110. The average molecular weight is 530 g/mol. The van der Waals surface area contributed by atoms with Crippen LogP contribution in [-0.2, 0) is 21.4 Å². The van der Waals surface area contributed by atoms with Crippen LogP contribution in [0.25, 0.3) is 10.8 Å². The van der Waals surface area contributed by atoms with Gasteiger partial charge < -0.3 is 14.9 Å². The molecule has 5 nitrogen and oxygen atoms in total. The second kappa shape index (κ2) is 9.12. The van der Waals surface area contributed by atoms with E-state index in [1.54, 1.807) is 6.07 Å². The van der Waals surface area contributed by atoms with Crippen molar-refractivity contribution in [3.8, 4) is 0 Å². The Morgan fingerprint density at radius 1 is 1.03 bits per heavy atom. The highest BCUT2D eigenvalue weighted by molar-refractivity contribution is 6.16. The molecule has 0 saturated carbocycles. The molecule has 1 atom stereocenters. The van der Waals surface area contributed by atoms with Crippen molar-refractivity contribution in [1.29, 1.82) is 0 Å². The van der Waals surface area contributed by atoms with Crippen LogP contribution in [0.4, 0.5) is 35.1 Å². The molecule has 1 aliphatic rings. The Balaban J connectivity index is 1.82. The first-order valence-electron chi connectivity index (χ1n) is 10.4. The summed E-state index contributed by atoms with van der Waals surface area (Å²) in [5.41, 5.74) is -7.28. The number of rotatable bonds is 5. The van der Waals surface area contributed by atoms with Gasteiger partial charge in [0.15, 0.2) is 11.6 Å². The molecule has 3 aromatic rings. The Morgan fingerprint density at radius 2 is 1.70 bits per heavy atom. The molecule has 1 N–H and O–H groups in total. The largest absolute Gasteiger partial charge is 0.435 e. The maximum absolute atomic E-state index is 14.3. The molecule has 0 radical (unpaired) electrons. The number of alkyl halides is 6. The molecule has 4 rings (SSSR count). The first-order valence-corrected chi connectivity index (χ1v) is 10.4. The van der Waals surface area contributed by atoms with E-state index in [-0.39, 0.29) is 46.3 Å². The van der Waals surface area contributed by atoms with Crippen molar-refractivity contribution in [3.63, 3.8) is 0 Å². The lowest BCUT2D eigenvalue weighted by Crippen LogP contribution is -2.43. The summed E-state index contributed by atoms with van der Waals surface area (Å²) in [6, 6.07) is 8.42. The number of hydrogen-bond donors (Lipinski definition) is 1. The predicted molar refractivity (Wildman–Crippen MR) is 114 cm³/mol. The number of aldehydes is 1. The maximum Gasteiger partial charge on any atom is 0.435 e. The van der Waals surface area contributed by atoms with Crippen LogP contribution in [0.3, 0.4) is 0 Å². The topological polar surface area (TPSA) is 67.8 Å². The highest BCUT2D eigenvalue weighted by Crippen LogP contribution is 2.50. The summed E-state index contributed by atoms with van der Waals surface area (Å²) in [4.78, 5) is 27.7. The van der Waals surface area contributed by atoms with Gasteiger partial charge in [-0.05, 0) is 29.0 Å². The van der Waals surface area contributed by atoms with Gasteiger partial charge in [-0.2, -0.15) is 26.3 Å². The third-order valence-corrected chi connectivity index (χ3v) is 5.81. The SMILES string of the molecule is O=CCNC(=O)c1ccc(C2=NOC(c3cc(F)c(F)c(C(F)(F)F)c3)(C(F)(F)F)C2)c2ccccc12. The van der Waals surface area contributed by atoms with E-state index in [9.17, 15) is 44.7 Å². The number of benzene rings is 3. The van der Waals surface area contributed by atoms with Gasteiger partial charge in [0.05, 0.1) is 17.8 Å². The van der Waals surface area contributed by atoms with Gasteiger partial charge in [0.1, 0.15) is 6.29 Å². The van der Waals surface area contributed by atoms with Crippen molar-refractivity contribution >= 4 is 28.7 Å². The van der Waals surface area contributed by atoms with Gasteiger partial charge in [0, 0.05) is 23.1 Å². The van der Waals surface area contributed by atoms with E-state index < -0.39 is 53.0 Å². The van der Waals surface area contributed by atoms with Crippen LogP contribution in [0.15, 0.2) is 53.7 Å². The number of fused-ring (bicyclic) bond motifs is 1. The van der Waals surface area contributed by atoms with Gasteiger partial charge in [-0.25, -0.2) is 8.78 Å². The molecule has 0 fully saturated rings. The fourth-order valence-corrected chi connectivity index (χ4v) is 4.05. The van der Waals surface area contributed by atoms with Crippen molar-refractivity contribution in [2.45, 2.75) is 24.4 Å². The van der Waals surface area contributed by atoms with Crippen LogP contribution >= 0.6 is 0 Å². The molecule has 0 spiro atoms. The number of oxime groups is 1. The fraction of sp³-hybridized carbons (Fsp3) is 0.208. The summed E-state index contributed by atoms with van der Waals surface area (Å²) in [5, 5.41) is 6.35. The molecule has 1 unspecified atom stereocenters. The second-order valence-corrected chi connectivity index (χ2v) is 8.03. The van der Waals surface area contributed by atoms with Crippen molar-refractivity contribution in [2.75, 3.05) is 6.54 Å². The fourth-order valence-electron chi connectivity index (χ4n) is 4.05. The molecule has 0 bridgehead atoms. The van der Waals surface area contributed by atoms with E-state index in [1.165, 1.54) is 30.3 Å². The molecule has 1 heterocycles. The monoisotopic (exact) mass is 530 g/mol. The standard InChI is InChI=1S/C24H14F8N2O3/c25-18-10-12(9-17(20(18)26)23(27,28)29)22(24(30,31)32)11-19(34-37-22)15-5-6-16(21(36)33-7-8-35)14-4-2-1-3-13(14)15/h1-6,8-10H,7,11H2,(H,33,36). The van der Waals surface area contributed by atoms with Crippen LogP contribution in [0.2, 0.25) is 0 Å². The molecule has 3 aromatic carbocycles. The third kappa shape index (κ3) is 4.49. The number of amides is 1. The Kier molecular flexibility index (Phi) is 6.42. The van der Waals surface area contributed by atoms with Crippen LogP contribution in [-0.4, -0.2) is 30.6 Å². The lowest BCUT2D eigenvalue weighted by molar-refractivity contribution is -0.276. The predicted octanol–water partition coefficient (Wildman–Crippen LogP) is 5.65. The van der Waals surface area contributed by atoms with Crippen molar-refractivity contribution in [2.24, 2.45) is 5.16 Å². The van der Waals surface area contributed by atoms with Crippen LogP contribution < -0.4 is 5.32 Å². The molecule has 0 saturated heterocycles. The molecule has 194 valence electrons. The van der Waals surface area contributed by atoms with Crippen molar-refractivity contribution in [3.05, 3.63) is 82.4 Å². The Hall–Kier alpha value is -4.03. The lowest BCUT2D eigenvalue weighted by atomic mass is 9.84. The number of nitrogens with zero attached hydrogens (tertiary/aromatic N) is 1. The van der Waals surface area contributed by atoms with Crippen LogP contribution in [0.5, 0.6) is 0 Å². The Morgan fingerprint density at radius 3 is 2.32 bits per heavy atom. The third-order valence-electron chi connectivity index (χ3n) is 5.81. The Labute approximate surface area is 202 Å². The highest BCUT2D eigenvalue weighted by Gasteiger charge is 2.63. The van der Waals surface area contributed by atoms with Crippen molar-refractivity contribution < 1.29 is 49.5 Å². The molecular formula is C24H14F8N2O3. The number of hydrogen-bond acceptors (Lipinski definition) is 4. The van der Waals surface area contributed by atoms with Gasteiger partial charge in [-0.1, -0.05) is 35.5 Å². The van der Waals surface area contributed by atoms with E-state index in [0.29, 0.717) is 6.29 Å². The molecule has 37 heavy (non-hydrogen) atoms. The zero-order valence-electron chi connectivity index (χ0n) is 18.3. The van der Waals surface area contributed by atoms with E-state index in [1.807, 2.05) is 0 Å². The van der Waals surface area contributed by atoms with E-state index in [2.05, 4.69) is 15.3 Å². The van der Waals surface area contributed by atoms with Crippen LogP contribution in [0, 0.1) is 11.6 Å². The lowest BCUT2D eigenvalue weighted by Gasteiger charge is -2.30. The summed E-state index contributed by atoms with van der Waals surface area (Å²) in [7, 11) is 0. The minimum atomic E-state index is -5.48. The molecule has 1 amide bonds. The van der Waals surface area contributed by atoms with Gasteiger partial charge in [0.25, 0.3) is 11.5 Å². The smallest absolute Gasteiger partial charge is 0.374 e. The number of carbonyl (C=O) groups is 2. The first kappa shape index (κ1) is 26.0. The molecule has 0 aromatic heterocycles. The zero-order chi connectivity index (χ0) is 27.2. The summed E-state index contributed by atoms with van der Waals surface area (Å²) in [6.07, 6.45) is -11.6. The number of carbonyl (C=O) groups excluding carboxylic acids is 2. The Bertz CT molecular complexity index is 1430. The highest BCUT2D eigenvalue weighted by atomic mass is 19.4. The minimum absolute atomic E-state index is 0.00486. The van der Waals surface area contributed by atoms with E-state index in [0.717, 1.165) is 0 Å². The van der Waals surface area contributed by atoms with E-state index >= 15 is 0 Å². The molecule has 0 aliphatic carbocycles. The second-order valence-electron chi connectivity index (χ2n) is 8.03. The average Bonchev–Trinajstić information content (AvgIpc) is 3.29. The van der Waals surface area contributed by atoms with Gasteiger partial charge >= 0.3 is 12.4 Å². The zero-order valence-corrected chi connectivity index (χ0v) is 18.3. The minimum Gasteiger partial charge on any atom is -0.374 e. The maximum atomic E-state index is 14.3. The molecule has 1 aliphatic heterocycles.